The van der Waals surface area contributed by atoms with Gasteiger partial charge >= 0.3 is 0 Å². The molecule has 2 rings (SSSR count). The zero-order valence-corrected chi connectivity index (χ0v) is 10.3. The lowest BCUT2D eigenvalue weighted by Crippen LogP contribution is -1.95. The number of hydrogen-bond donors (Lipinski definition) is 1. The maximum absolute atomic E-state index is 8.73. The first-order chi connectivity index (χ1) is 7.81. The molecule has 0 bridgehead atoms. The molecule has 0 unspecified atom stereocenters. The fourth-order valence-electron chi connectivity index (χ4n) is 1.43. The normalized spacial score (nSPS) is 10.6. The van der Waals surface area contributed by atoms with Crippen LogP contribution in [-0.2, 0) is 6.42 Å². The third-order valence-corrected chi connectivity index (χ3v) is 2.90. The summed E-state index contributed by atoms with van der Waals surface area (Å²) in [5, 5.41) is 16.8. The summed E-state index contributed by atoms with van der Waals surface area (Å²) >= 11 is 3.47. The number of aliphatic hydroxyl groups excluding tert-OH is 1. The molecule has 1 aromatic heterocycles. The SMILES string of the molecule is OCCCc1cn(-c2ccccc2Br)nn1. The number of halogens is 1. The average molecular weight is 282 g/mol. The second-order valence-electron chi connectivity index (χ2n) is 3.43. The van der Waals surface area contributed by atoms with E-state index in [0.29, 0.717) is 6.42 Å². The van der Waals surface area contributed by atoms with Crippen LogP contribution in [0, 0.1) is 0 Å². The van der Waals surface area contributed by atoms with Gasteiger partial charge in [-0.15, -0.1) is 5.10 Å². The molecular formula is C11H12BrN3O. The van der Waals surface area contributed by atoms with Crippen molar-refractivity contribution in [2.45, 2.75) is 12.8 Å². The van der Waals surface area contributed by atoms with Gasteiger partial charge in [-0.1, -0.05) is 17.3 Å². The Kier molecular flexibility index (Phi) is 3.69. The first-order valence-corrected chi connectivity index (χ1v) is 5.87. The molecule has 16 heavy (non-hydrogen) atoms. The highest BCUT2D eigenvalue weighted by atomic mass is 79.9. The van der Waals surface area contributed by atoms with Crippen LogP contribution < -0.4 is 0 Å². The summed E-state index contributed by atoms with van der Waals surface area (Å²) in [6.45, 7) is 0.182. The van der Waals surface area contributed by atoms with Gasteiger partial charge in [-0.25, -0.2) is 4.68 Å². The zero-order chi connectivity index (χ0) is 11.4. The molecule has 0 aliphatic heterocycles. The third kappa shape index (κ3) is 2.48. The summed E-state index contributed by atoms with van der Waals surface area (Å²) in [6.07, 6.45) is 3.35. The number of aryl methyl sites for hydroxylation is 1. The van der Waals surface area contributed by atoms with E-state index in [1.165, 1.54) is 0 Å². The Hall–Kier alpha value is -1.20. The van der Waals surface area contributed by atoms with Crippen molar-refractivity contribution in [3.63, 3.8) is 0 Å². The Labute approximate surface area is 102 Å². The van der Waals surface area contributed by atoms with E-state index < -0.39 is 0 Å². The van der Waals surface area contributed by atoms with Crippen molar-refractivity contribution in [1.29, 1.82) is 0 Å². The maximum Gasteiger partial charge on any atom is 0.0832 e. The second kappa shape index (κ2) is 5.23. The van der Waals surface area contributed by atoms with Crippen molar-refractivity contribution < 1.29 is 5.11 Å². The van der Waals surface area contributed by atoms with Crippen LogP contribution in [0.2, 0.25) is 0 Å². The Morgan fingerprint density at radius 1 is 1.31 bits per heavy atom. The number of rotatable bonds is 4. The van der Waals surface area contributed by atoms with E-state index in [4.69, 9.17) is 5.11 Å². The van der Waals surface area contributed by atoms with E-state index in [-0.39, 0.29) is 6.61 Å². The van der Waals surface area contributed by atoms with Crippen molar-refractivity contribution in [3.8, 4) is 5.69 Å². The molecule has 0 atom stereocenters. The molecule has 5 heteroatoms. The topological polar surface area (TPSA) is 50.9 Å². The molecule has 0 saturated carbocycles. The van der Waals surface area contributed by atoms with Gasteiger partial charge in [0.2, 0.25) is 0 Å². The minimum atomic E-state index is 0.182. The van der Waals surface area contributed by atoms with E-state index in [2.05, 4.69) is 26.2 Å². The van der Waals surface area contributed by atoms with Crippen molar-refractivity contribution in [2.75, 3.05) is 6.61 Å². The smallest absolute Gasteiger partial charge is 0.0832 e. The molecule has 84 valence electrons. The minimum Gasteiger partial charge on any atom is -0.396 e. The van der Waals surface area contributed by atoms with Crippen LogP contribution >= 0.6 is 15.9 Å². The Morgan fingerprint density at radius 3 is 2.88 bits per heavy atom. The molecule has 0 amide bonds. The van der Waals surface area contributed by atoms with E-state index >= 15 is 0 Å². The fraction of sp³-hybridized carbons (Fsp3) is 0.273. The number of hydrogen-bond acceptors (Lipinski definition) is 3. The molecular weight excluding hydrogens is 270 g/mol. The second-order valence-corrected chi connectivity index (χ2v) is 4.29. The van der Waals surface area contributed by atoms with Gasteiger partial charge in [0, 0.05) is 11.1 Å². The Morgan fingerprint density at radius 2 is 2.12 bits per heavy atom. The van der Waals surface area contributed by atoms with Crippen molar-refractivity contribution >= 4 is 15.9 Å². The monoisotopic (exact) mass is 281 g/mol. The summed E-state index contributed by atoms with van der Waals surface area (Å²) in [5.41, 5.74) is 1.86. The lowest BCUT2D eigenvalue weighted by Gasteiger charge is -2.01. The summed E-state index contributed by atoms with van der Waals surface area (Å²) in [6, 6.07) is 7.84. The van der Waals surface area contributed by atoms with Gasteiger partial charge in [-0.05, 0) is 40.9 Å². The fourth-order valence-corrected chi connectivity index (χ4v) is 1.89. The first kappa shape index (κ1) is 11.3. The molecule has 0 aliphatic rings. The third-order valence-electron chi connectivity index (χ3n) is 2.23. The highest BCUT2D eigenvalue weighted by Crippen LogP contribution is 2.19. The standard InChI is InChI=1S/C11H12BrN3O/c12-10-5-1-2-6-11(10)15-8-9(13-14-15)4-3-7-16/h1-2,5-6,8,16H,3-4,7H2. The molecule has 0 fully saturated rings. The van der Waals surface area contributed by atoms with Crippen LogP contribution in [0.1, 0.15) is 12.1 Å². The van der Waals surface area contributed by atoms with Gasteiger partial charge < -0.3 is 5.11 Å². The average Bonchev–Trinajstić information content (AvgIpc) is 2.75. The van der Waals surface area contributed by atoms with E-state index in [1.54, 1.807) is 4.68 Å². The summed E-state index contributed by atoms with van der Waals surface area (Å²) < 4.78 is 2.71. The molecule has 1 aromatic carbocycles. The van der Waals surface area contributed by atoms with Crippen LogP contribution in [0.25, 0.3) is 5.69 Å². The molecule has 1 N–H and O–H groups in total. The van der Waals surface area contributed by atoms with Crippen LogP contribution in [0.3, 0.4) is 0 Å². The largest absolute Gasteiger partial charge is 0.396 e. The van der Waals surface area contributed by atoms with Crippen LogP contribution in [0.15, 0.2) is 34.9 Å². The van der Waals surface area contributed by atoms with Crippen molar-refractivity contribution in [3.05, 3.63) is 40.6 Å². The van der Waals surface area contributed by atoms with Crippen LogP contribution in [-0.4, -0.2) is 26.7 Å². The number of aliphatic hydroxyl groups is 1. The first-order valence-electron chi connectivity index (χ1n) is 5.08. The molecule has 0 radical (unpaired) electrons. The van der Waals surface area contributed by atoms with Crippen molar-refractivity contribution in [1.82, 2.24) is 15.0 Å². The Balaban J connectivity index is 2.22. The number of para-hydroxylation sites is 1. The number of benzene rings is 1. The molecule has 0 saturated heterocycles. The van der Waals surface area contributed by atoms with Gasteiger partial charge in [-0.3, -0.25) is 0 Å². The number of aromatic nitrogens is 3. The lowest BCUT2D eigenvalue weighted by molar-refractivity contribution is 0.288. The maximum atomic E-state index is 8.73. The van der Waals surface area contributed by atoms with Gasteiger partial charge in [0.1, 0.15) is 0 Å². The van der Waals surface area contributed by atoms with E-state index in [1.807, 2.05) is 30.5 Å². The molecule has 2 aromatic rings. The lowest BCUT2D eigenvalue weighted by atomic mass is 10.2. The molecule has 0 aliphatic carbocycles. The van der Waals surface area contributed by atoms with Gasteiger partial charge in [0.25, 0.3) is 0 Å². The van der Waals surface area contributed by atoms with E-state index in [9.17, 15) is 0 Å². The zero-order valence-electron chi connectivity index (χ0n) is 8.67. The van der Waals surface area contributed by atoms with Gasteiger partial charge in [-0.2, -0.15) is 0 Å². The number of nitrogens with zero attached hydrogens (tertiary/aromatic N) is 3. The highest BCUT2D eigenvalue weighted by molar-refractivity contribution is 9.10. The van der Waals surface area contributed by atoms with Gasteiger partial charge in [0.15, 0.2) is 0 Å². The van der Waals surface area contributed by atoms with Crippen LogP contribution in [0.5, 0.6) is 0 Å². The predicted octanol–water partition coefficient (Wildman–Crippen LogP) is 1.95. The summed E-state index contributed by atoms with van der Waals surface area (Å²) in [5.74, 6) is 0. The molecule has 1 heterocycles. The molecule has 0 spiro atoms. The van der Waals surface area contributed by atoms with Crippen LogP contribution in [0.4, 0.5) is 0 Å². The minimum absolute atomic E-state index is 0.182. The quantitative estimate of drug-likeness (QED) is 0.932. The van der Waals surface area contributed by atoms with E-state index in [0.717, 1.165) is 22.3 Å². The summed E-state index contributed by atoms with van der Waals surface area (Å²) in [7, 11) is 0. The molecule has 4 nitrogen and oxygen atoms in total. The van der Waals surface area contributed by atoms with Gasteiger partial charge in [0.05, 0.1) is 17.6 Å². The highest BCUT2D eigenvalue weighted by Gasteiger charge is 2.04. The predicted molar refractivity (Wildman–Crippen MR) is 64.5 cm³/mol. The van der Waals surface area contributed by atoms with Crippen molar-refractivity contribution in [2.24, 2.45) is 0 Å². The summed E-state index contributed by atoms with van der Waals surface area (Å²) in [4.78, 5) is 0. The Bertz CT molecular complexity index is 470.